The Bertz CT molecular complexity index is 728. The summed E-state index contributed by atoms with van der Waals surface area (Å²) in [6, 6.07) is 5.24. The van der Waals surface area contributed by atoms with Crippen molar-refractivity contribution in [2.75, 3.05) is 20.2 Å². The zero-order chi connectivity index (χ0) is 17.8. The summed E-state index contributed by atoms with van der Waals surface area (Å²) in [5, 5.41) is 0. The van der Waals surface area contributed by atoms with Gasteiger partial charge in [-0.15, -0.1) is 0 Å². The third-order valence-corrected chi connectivity index (χ3v) is 4.09. The number of hydrogen-bond acceptors (Lipinski definition) is 6. The number of pyridine rings is 1. The number of aryl methyl sites for hydroxylation is 2. The number of rotatable bonds is 4. The van der Waals surface area contributed by atoms with Crippen molar-refractivity contribution < 1.29 is 14.3 Å². The van der Waals surface area contributed by atoms with Gasteiger partial charge in [-0.2, -0.15) is 4.98 Å². The minimum atomic E-state index is -0.0717. The second kappa shape index (κ2) is 7.46. The fourth-order valence-corrected chi connectivity index (χ4v) is 2.94. The molecule has 0 radical (unpaired) electrons. The number of nitrogens with zero attached hydrogens (tertiary/aromatic N) is 4. The number of ether oxygens (including phenoxy) is 2. The fourth-order valence-electron chi connectivity index (χ4n) is 2.94. The van der Waals surface area contributed by atoms with Crippen LogP contribution in [0.25, 0.3) is 0 Å². The molecule has 1 saturated heterocycles. The molecule has 0 spiro atoms. The van der Waals surface area contributed by atoms with Crippen molar-refractivity contribution >= 4 is 5.91 Å². The third kappa shape index (κ3) is 4.23. The minimum absolute atomic E-state index is 0.0431. The summed E-state index contributed by atoms with van der Waals surface area (Å²) >= 11 is 0. The van der Waals surface area contributed by atoms with Crippen molar-refractivity contribution in [1.82, 2.24) is 19.9 Å². The largest absolute Gasteiger partial charge is 0.481 e. The number of carbonyl (C=O) groups is 1. The van der Waals surface area contributed by atoms with E-state index < -0.39 is 0 Å². The van der Waals surface area contributed by atoms with Crippen LogP contribution in [0.3, 0.4) is 0 Å². The highest BCUT2D eigenvalue weighted by Crippen LogP contribution is 2.19. The van der Waals surface area contributed by atoms with Gasteiger partial charge in [-0.3, -0.25) is 4.79 Å². The van der Waals surface area contributed by atoms with Gasteiger partial charge in [0.2, 0.25) is 11.8 Å². The molecule has 0 saturated carbocycles. The Kier molecular flexibility index (Phi) is 5.11. The van der Waals surface area contributed by atoms with Gasteiger partial charge in [-0.1, -0.05) is 0 Å². The average Bonchev–Trinajstić information content (AvgIpc) is 2.60. The quantitative estimate of drug-likeness (QED) is 0.847. The summed E-state index contributed by atoms with van der Waals surface area (Å²) in [7, 11) is 1.55. The number of amides is 1. The highest BCUT2D eigenvalue weighted by molar-refractivity contribution is 5.94. The minimum Gasteiger partial charge on any atom is -0.481 e. The Morgan fingerprint density at radius 3 is 2.76 bits per heavy atom. The molecule has 132 valence electrons. The normalized spacial score (nSPS) is 17.2. The van der Waals surface area contributed by atoms with Gasteiger partial charge in [0.1, 0.15) is 11.9 Å². The van der Waals surface area contributed by atoms with Gasteiger partial charge in [0.25, 0.3) is 5.91 Å². The van der Waals surface area contributed by atoms with E-state index in [4.69, 9.17) is 9.47 Å². The molecule has 3 heterocycles. The molecule has 1 fully saturated rings. The fraction of sp³-hybridized carbons (Fsp3) is 0.444. The molecule has 0 bridgehead atoms. The predicted octanol–water partition coefficient (Wildman–Crippen LogP) is 2.18. The van der Waals surface area contributed by atoms with Crippen LogP contribution >= 0.6 is 0 Å². The van der Waals surface area contributed by atoms with E-state index in [0.29, 0.717) is 36.2 Å². The van der Waals surface area contributed by atoms with Gasteiger partial charge in [0.05, 0.1) is 19.2 Å². The number of aromatic nitrogens is 3. The van der Waals surface area contributed by atoms with E-state index in [0.717, 1.165) is 18.5 Å². The SMILES string of the molecule is COc1ccc(C(=O)N2CCCC(Oc3cc(C)nc(C)n3)C2)cn1. The first-order valence-electron chi connectivity index (χ1n) is 8.33. The molecule has 1 atom stereocenters. The Morgan fingerprint density at radius 1 is 1.24 bits per heavy atom. The van der Waals surface area contributed by atoms with Gasteiger partial charge >= 0.3 is 0 Å². The van der Waals surface area contributed by atoms with Gasteiger partial charge in [0, 0.05) is 30.6 Å². The van der Waals surface area contributed by atoms with Crippen LogP contribution in [0.15, 0.2) is 24.4 Å². The molecule has 0 aliphatic carbocycles. The van der Waals surface area contributed by atoms with Crippen molar-refractivity contribution in [3.05, 3.63) is 41.5 Å². The topological polar surface area (TPSA) is 77.4 Å². The van der Waals surface area contributed by atoms with Crippen LogP contribution < -0.4 is 9.47 Å². The molecule has 0 N–H and O–H groups in total. The summed E-state index contributed by atoms with van der Waals surface area (Å²) in [5.41, 5.74) is 1.42. The molecule has 1 amide bonds. The van der Waals surface area contributed by atoms with E-state index in [1.54, 1.807) is 30.3 Å². The summed E-state index contributed by atoms with van der Waals surface area (Å²) in [6.07, 6.45) is 3.26. The first-order chi connectivity index (χ1) is 12.0. The molecule has 7 heteroatoms. The number of carbonyl (C=O) groups excluding carboxylic acids is 1. The summed E-state index contributed by atoms with van der Waals surface area (Å²) in [6.45, 7) is 5.00. The Labute approximate surface area is 147 Å². The van der Waals surface area contributed by atoms with Crippen LogP contribution in [0.1, 0.15) is 34.7 Å². The standard InChI is InChI=1S/C18H22N4O3/c1-12-9-17(21-13(2)20-12)25-15-5-4-8-22(11-15)18(23)14-6-7-16(24-3)19-10-14/h6-7,9-10,15H,4-5,8,11H2,1-3H3. The molecule has 2 aromatic rings. The van der Waals surface area contributed by atoms with Crippen molar-refractivity contribution in [2.45, 2.75) is 32.8 Å². The molecule has 0 aromatic carbocycles. The molecular weight excluding hydrogens is 320 g/mol. The first-order valence-corrected chi connectivity index (χ1v) is 8.33. The number of methoxy groups -OCH3 is 1. The van der Waals surface area contributed by atoms with Gasteiger partial charge < -0.3 is 14.4 Å². The summed E-state index contributed by atoms with van der Waals surface area (Å²) in [4.78, 5) is 27.1. The lowest BCUT2D eigenvalue weighted by atomic mass is 10.1. The van der Waals surface area contributed by atoms with Crippen molar-refractivity contribution in [1.29, 1.82) is 0 Å². The van der Waals surface area contributed by atoms with Gasteiger partial charge in [-0.25, -0.2) is 9.97 Å². The van der Waals surface area contributed by atoms with E-state index in [-0.39, 0.29) is 12.0 Å². The first kappa shape index (κ1) is 17.1. The summed E-state index contributed by atoms with van der Waals surface area (Å²) in [5.74, 6) is 1.70. The van der Waals surface area contributed by atoms with E-state index in [9.17, 15) is 4.79 Å². The van der Waals surface area contributed by atoms with Crippen LogP contribution in [0.2, 0.25) is 0 Å². The highest BCUT2D eigenvalue weighted by Gasteiger charge is 2.26. The molecule has 7 nitrogen and oxygen atoms in total. The molecule has 1 aliphatic heterocycles. The van der Waals surface area contributed by atoms with E-state index in [1.807, 2.05) is 19.9 Å². The maximum absolute atomic E-state index is 12.7. The second-order valence-electron chi connectivity index (χ2n) is 6.12. The molecule has 1 aliphatic rings. The monoisotopic (exact) mass is 342 g/mol. The van der Waals surface area contributed by atoms with Gasteiger partial charge in [-0.05, 0) is 32.8 Å². The van der Waals surface area contributed by atoms with Gasteiger partial charge in [0.15, 0.2) is 0 Å². The highest BCUT2D eigenvalue weighted by atomic mass is 16.5. The number of likely N-dealkylation sites (tertiary alicyclic amines) is 1. The Balaban J connectivity index is 1.66. The molecule has 2 aromatic heterocycles. The smallest absolute Gasteiger partial charge is 0.255 e. The van der Waals surface area contributed by atoms with Crippen LogP contribution in [-0.2, 0) is 0 Å². The van der Waals surface area contributed by atoms with Crippen LogP contribution in [0.5, 0.6) is 11.8 Å². The van der Waals surface area contributed by atoms with Crippen molar-refractivity contribution in [2.24, 2.45) is 0 Å². The lowest BCUT2D eigenvalue weighted by Crippen LogP contribution is -2.44. The lowest BCUT2D eigenvalue weighted by molar-refractivity contribution is 0.0526. The number of piperidine rings is 1. The molecule has 25 heavy (non-hydrogen) atoms. The molecular formula is C18H22N4O3. The average molecular weight is 342 g/mol. The zero-order valence-electron chi connectivity index (χ0n) is 14.7. The molecule has 3 rings (SSSR count). The van der Waals surface area contributed by atoms with Crippen LogP contribution in [0.4, 0.5) is 0 Å². The van der Waals surface area contributed by atoms with Crippen molar-refractivity contribution in [3.63, 3.8) is 0 Å². The third-order valence-electron chi connectivity index (χ3n) is 4.09. The lowest BCUT2D eigenvalue weighted by Gasteiger charge is -2.32. The Hall–Kier alpha value is -2.70. The van der Waals surface area contributed by atoms with E-state index in [2.05, 4.69) is 15.0 Å². The molecule has 1 unspecified atom stereocenters. The van der Waals surface area contributed by atoms with Crippen molar-refractivity contribution in [3.8, 4) is 11.8 Å². The van der Waals surface area contributed by atoms with E-state index in [1.165, 1.54) is 0 Å². The second-order valence-corrected chi connectivity index (χ2v) is 6.12. The predicted molar refractivity (Wildman–Crippen MR) is 91.8 cm³/mol. The Morgan fingerprint density at radius 2 is 2.08 bits per heavy atom. The zero-order valence-corrected chi connectivity index (χ0v) is 14.7. The maximum atomic E-state index is 12.7. The van der Waals surface area contributed by atoms with E-state index >= 15 is 0 Å². The number of hydrogen-bond donors (Lipinski definition) is 0. The maximum Gasteiger partial charge on any atom is 0.255 e. The van der Waals surface area contributed by atoms with Crippen LogP contribution in [-0.4, -0.2) is 52.1 Å². The van der Waals surface area contributed by atoms with Crippen LogP contribution in [0, 0.1) is 13.8 Å². The summed E-state index contributed by atoms with van der Waals surface area (Å²) < 4.78 is 11.0.